The monoisotopic (exact) mass is 337 g/mol. The molecule has 1 fully saturated rings. The second kappa shape index (κ2) is 5.52. The van der Waals surface area contributed by atoms with E-state index in [0.717, 1.165) is 23.4 Å². The summed E-state index contributed by atoms with van der Waals surface area (Å²) in [6.07, 6.45) is 1.94. The topological polar surface area (TPSA) is 12.0 Å². The molecule has 0 aliphatic heterocycles. The highest BCUT2D eigenvalue weighted by Crippen LogP contribution is 2.39. The van der Waals surface area contributed by atoms with Gasteiger partial charge in [0.25, 0.3) is 0 Å². The van der Waals surface area contributed by atoms with Gasteiger partial charge < -0.3 is 5.32 Å². The van der Waals surface area contributed by atoms with E-state index in [4.69, 9.17) is 0 Å². The summed E-state index contributed by atoms with van der Waals surface area (Å²) in [6, 6.07) is 12.2. The number of nitrogens with one attached hydrogen (secondary N) is 1. The fraction of sp³-hybridized carbons (Fsp3) is 0.250. The molecule has 0 atom stereocenters. The number of hydrogen-bond donors (Lipinski definition) is 1. The van der Waals surface area contributed by atoms with Gasteiger partial charge in [-0.05, 0) is 48.6 Å². The lowest BCUT2D eigenvalue weighted by Crippen LogP contribution is -2.34. The molecule has 0 unspecified atom stereocenters. The third-order valence-electron chi connectivity index (χ3n) is 3.77. The maximum Gasteiger partial charge on any atom is 0.149 e. The summed E-state index contributed by atoms with van der Waals surface area (Å²) in [7, 11) is 0. The molecule has 20 heavy (non-hydrogen) atoms. The minimum atomic E-state index is -0.547. The predicted octanol–water partition coefficient (Wildman–Crippen LogP) is 5.09. The third-order valence-corrected chi connectivity index (χ3v) is 4.30. The molecule has 1 aliphatic rings. The first-order valence-corrected chi connectivity index (χ1v) is 7.38. The van der Waals surface area contributed by atoms with E-state index < -0.39 is 11.6 Å². The predicted molar refractivity (Wildman–Crippen MR) is 79.9 cm³/mol. The lowest BCUT2D eigenvalue weighted by molar-refractivity contribution is 0.373. The quantitative estimate of drug-likeness (QED) is 0.822. The summed E-state index contributed by atoms with van der Waals surface area (Å²) in [5.41, 5.74) is 1.69. The molecule has 0 spiro atoms. The van der Waals surface area contributed by atoms with Crippen LogP contribution in [0.15, 0.2) is 46.9 Å². The number of benzene rings is 2. The Hall–Kier alpha value is -1.42. The minimum Gasteiger partial charge on any atom is -0.380 e. The molecule has 4 heteroatoms. The number of anilines is 1. The molecule has 0 radical (unpaired) electrons. The van der Waals surface area contributed by atoms with E-state index in [2.05, 4.69) is 33.4 Å². The van der Waals surface area contributed by atoms with Gasteiger partial charge in [-0.25, -0.2) is 8.78 Å². The van der Waals surface area contributed by atoms with Crippen molar-refractivity contribution in [1.29, 1.82) is 0 Å². The van der Waals surface area contributed by atoms with E-state index >= 15 is 0 Å². The van der Waals surface area contributed by atoms with Gasteiger partial charge in [-0.15, -0.1) is 0 Å². The van der Waals surface area contributed by atoms with E-state index in [1.807, 2.05) is 12.1 Å². The Labute approximate surface area is 125 Å². The molecule has 0 saturated heterocycles. The highest BCUT2D eigenvalue weighted by molar-refractivity contribution is 9.10. The minimum absolute atomic E-state index is 0.253. The van der Waals surface area contributed by atoms with Crippen LogP contribution in [0.5, 0.6) is 0 Å². The zero-order chi connectivity index (χ0) is 14.1. The van der Waals surface area contributed by atoms with Crippen molar-refractivity contribution in [3.05, 3.63) is 64.1 Å². The normalized spacial score (nSPS) is 21.4. The smallest absolute Gasteiger partial charge is 0.149 e. The maximum atomic E-state index is 13.5. The zero-order valence-electron chi connectivity index (χ0n) is 10.7. The van der Waals surface area contributed by atoms with Crippen molar-refractivity contribution in [3.63, 3.8) is 0 Å². The molecule has 0 amide bonds. The van der Waals surface area contributed by atoms with Gasteiger partial charge in [-0.1, -0.05) is 28.1 Å². The largest absolute Gasteiger partial charge is 0.380 e. The molecule has 0 heterocycles. The summed E-state index contributed by atoms with van der Waals surface area (Å²) >= 11 is 3.42. The first kappa shape index (κ1) is 13.6. The molecule has 104 valence electrons. The van der Waals surface area contributed by atoms with Crippen LogP contribution in [0.4, 0.5) is 14.5 Å². The van der Waals surface area contributed by atoms with Crippen LogP contribution in [0, 0.1) is 11.6 Å². The van der Waals surface area contributed by atoms with Crippen LogP contribution >= 0.6 is 15.9 Å². The highest BCUT2D eigenvalue weighted by Gasteiger charge is 2.30. The molecule has 1 aliphatic carbocycles. The summed E-state index contributed by atoms with van der Waals surface area (Å²) in [6.45, 7) is 0. The van der Waals surface area contributed by atoms with Gasteiger partial charge in [0.15, 0.2) is 0 Å². The van der Waals surface area contributed by atoms with Crippen LogP contribution < -0.4 is 5.32 Å². The zero-order valence-corrected chi connectivity index (χ0v) is 12.3. The average Bonchev–Trinajstić information content (AvgIpc) is 2.37. The molecule has 3 rings (SSSR count). The number of halogens is 3. The molecular weight excluding hydrogens is 324 g/mol. The Balaban J connectivity index is 1.59. The third kappa shape index (κ3) is 2.85. The first-order chi connectivity index (χ1) is 9.61. The van der Waals surface area contributed by atoms with Crippen LogP contribution in [0.1, 0.15) is 24.3 Å². The van der Waals surface area contributed by atoms with Crippen molar-refractivity contribution in [1.82, 2.24) is 0 Å². The molecule has 1 N–H and O–H groups in total. The lowest BCUT2D eigenvalue weighted by Gasteiger charge is -2.37. The number of hydrogen-bond acceptors (Lipinski definition) is 1. The Morgan fingerprint density at radius 2 is 1.70 bits per heavy atom. The summed E-state index contributed by atoms with van der Waals surface area (Å²) in [4.78, 5) is 0. The van der Waals surface area contributed by atoms with E-state index in [1.54, 1.807) is 0 Å². The van der Waals surface area contributed by atoms with Crippen molar-refractivity contribution < 1.29 is 8.78 Å². The van der Waals surface area contributed by atoms with Crippen LogP contribution in [-0.4, -0.2) is 6.04 Å². The number of rotatable bonds is 3. The van der Waals surface area contributed by atoms with E-state index in [9.17, 15) is 8.78 Å². The lowest BCUT2D eigenvalue weighted by atomic mass is 9.76. The van der Waals surface area contributed by atoms with E-state index in [0.29, 0.717) is 11.6 Å². The maximum absolute atomic E-state index is 13.5. The Morgan fingerprint density at radius 3 is 2.35 bits per heavy atom. The Morgan fingerprint density at radius 1 is 1.00 bits per heavy atom. The fourth-order valence-corrected chi connectivity index (χ4v) is 2.83. The first-order valence-electron chi connectivity index (χ1n) is 6.59. The Bertz CT molecular complexity index is 606. The summed E-state index contributed by atoms with van der Waals surface area (Å²) in [5.74, 6) is -0.560. The summed E-state index contributed by atoms with van der Waals surface area (Å²) < 4.78 is 27.4. The summed E-state index contributed by atoms with van der Waals surface area (Å²) in [5, 5.41) is 3.13. The highest BCUT2D eigenvalue weighted by atomic mass is 79.9. The van der Waals surface area contributed by atoms with Gasteiger partial charge in [0.2, 0.25) is 0 Å². The molecular formula is C16H14BrF2N. The standard InChI is InChI=1S/C16H14BrF2N/c17-12-3-1-10(2-4-12)11-7-14(8-11)20-16-6-5-13(18)9-15(16)19/h1-6,9,11,14,20H,7-8H2. The van der Waals surface area contributed by atoms with Gasteiger partial charge >= 0.3 is 0 Å². The van der Waals surface area contributed by atoms with Crippen LogP contribution in [0.25, 0.3) is 0 Å². The van der Waals surface area contributed by atoms with Crippen LogP contribution in [0.3, 0.4) is 0 Å². The SMILES string of the molecule is Fc1ccc(NC2CC(c3ccc(Br)cc3)C2)c(F)c1. The van der Waals surface area contributed by atoms with Gasteiger partial charge in [0.1, 0.15) is 11.6 Å². The molecule has 0 bridgehead atoms. The van der Waals surface area contributed by atoms with Crippen LogP contribution in [0.2, 0.25) is 0 Å². The molecule has 2 aromatic carbocycles. The van der Waals surface area contributed by atoms with Crippen molar-refractivity contribution in [2.24, 2.45) is 0 Å². The second-order valence-corrected chi connectivity index (χ2v) is 6.10. The molecule has 1 saturated carbocycles. The second-order valence-electron chi connectivity index (χ2n) is 5.19. The van der Waals surface area contributed by atoms with Crippen molar-refractivity contribution >= 4 is 21.6 Å². The van der Waals surface area contributed by atoms with Crippen molar-refractivity contribution in [2.75, 3.05) is 5.32 Å². The average molecular weight is 338 g/mol. The Kier molecular flexibility index (Phi) is 3.74. The van der Waals surface area contributed by atoms with E-state index in [-0.39, 0.29) is 6.04 Å². The van der Waals surface area contributed by atoms with Gasteiger partial charge in [0.05, 0.1) is 5.69 Å². The molecule has 1 nitrogen and oxygen atoms in total. The van der Waals surface area contributed by atoms with E-state index in [1.165, 1.54) is 17.7 Å². The van der Waals surface area contributed by atoms with Crippen molar-refractivity contribution in [3.8, 4) is 0 Å². The van der Waals surface area contributed by atoms with Crippen molar-refractivity contribution in [2.45, 2.75) is 24.8 Å². The fourth-order valence-electron chi connectivity index (χ4n) is 2.57. The van der Waals surface area contributed by atoms with Gasteiger partial charge in [-0.3, -0.25) is 0 Å². The molecule has 0 aromatic heterocycles. The molecule has 2 aromatic rings. The van der Waals surface area contributed by atoms with Gasteiger partial charge in [0, 0.05) is 16.6 Å². The van der Waals surface area contributed by atoms with Crippen LogP contribution in [-0.2, 0) is 0 Å². The van der Waals surface area contributed by atoms with Gasteiger partial charge in [-0.2, -0.15) is 0 Å².